The van der Waals surface area contributed by atoms with Gasteiger partial charge in [-0.05, 0) is 49.4 Å². The lowest BCUT2D eigenvalue weighted by molar-refractivity contribution is -0.137. The number of carbonyl (C=O) groups is 1. The molecular weight excluding hydrogens is 431 g/mol. The summed E-state index contributed by atoms with van der Waals surface area (Å²) in [5.41, 5.74) is -0.422. The van der Waals surface area contributed by atoms with Crippen molar-refractivity contribution >= 4 is 33.0 Å². The quantitative estimate of drug-likeness (QED) is 0.590. The van der Waals surface area contributed by atoms with Gasteiger partial charge in [0.05, 0.1) is 15.5 Å². The number of rotatable bonds is 4. The Kier molecular flexibility index (Phi) is 5.46. The van der Waals surface area contributed by atoms with E-state index < -0.39 is 37.6 Å². The Balaban J connectivity index is 1.84. The fraction of sp³-hybridized carbons (Fsp3) is 0.105. The van der Waals surface area contributed by atoms with Crippen LogP contribution in [0.5, 0.6) is 0 Å². The molecule has 0 atom stereocenters. The van der Waals surface area contributed by atoms with E-state index in [0.717, 1.165) is 23.8 Å². The Labute approximate surface area is 169 Å². The smallest absolute Gasteiger partial charge is 0.417 e. The first-order valence-electron chi connectivity index (χ1n) is 8.08. The van der Waals surface area contributed by atoms with E-state index in [4.69, 9.17) is 16.0 Å². The molecular formula is C19H13ClF3NO4S. The molecule has 1 N–H and O–H groups in total. The first-order chi connectivity index (χ1) is 13.5. The number of alkyl halides is 3. The van der Waals surface area contributed by atoms with E-state index in [-0.39, 0.29) is 16.3 Å². The molecule has 0 saturated heterocycles. The lowest BCUT2D eigenvalue weighted by Gasteiger charge is -2.11. The average molecular weight is 444 g/mol. The van der Waals surface area contributed by atoms with Gasteiger partial charge in [0, 0.05) is 5.69 Å². The van der Waals surface area contributed by atoms with E-state index >= 15 is 0 Å². The van der Waals surface area contributed by atoms with Crippen LogP contribution in [-0.2, 0) is 16.0 Å². The van der Waals surface area contributed by atoms with Crippen molar-refractivity contribution in [2.75, 3.05) is 5.32 Å². The summed E-state index contributed by atoms with van der Waals surface area (Å²) in [6.07, 6.45) is -4.70. The van der Waals surface area contributed by atoms with Gasteiger partial charge < -0.3 is 9.73 Å². The summed E-state index contributed by atoms with van der Waals surface area (Å²) in [5, 5.41) is 1.25. The number of sulfone groups is 1. The second-order valence-corrected chi connectivity index (χ2v) is 8.37. The Morgan fingerprint density at radius 3 is 2.31 bits per heavy atom. The van der Waals surface area contributed by atoms with Gasteiger partial charge in [0.2, 0.25) is 14.9 Å². The number of hydrogen-bond donors (Lipinski definition) is 1. The van der Waals surface area contributed by atoms with Crippen LogP contribution in [0.25, 0.3) is 0 Å². The number of nitrogens with one attached hydrogen (secondary N) is 1. The molecule has 5 nitrogen and oxygen atoms in total. The molecule has 0 fully saturated rings. The van der Waals surface area contributed by atoms with Gasteiger partial charge in [-0.15, -0.1) is 0 Å². The largest absolute Gasteiger partial charge is 0.439 e. The standard InChI is InChI=1S/C19H13ClF3NO4S/c1-11-2-5-13(6-3-11)29(26,27)17-9-8-16(28-17)18(25)24-12-4-7-15(20)14(10-12)19(21,22)23/h2-10H,1H3,(H,24,25). The summed E-state index contributed by atoms with van der Waals surface area (Å²) in [4.78, 5) is 12.3. The highest BCUT2D eigenvalue weighted by Crippen LogP contribution is 2.36. The summed E-state index contributed by atoms with van der Waals surface area (Å²) in [6, 6.07) is 11.1. The lowest BCUT2D eigenvalue weighted by Crippen LogP contribution is -2.13. The Bertz CT molecular complexity index is 1170. The molecule has 29 heavy (non-hydrogen) atoms. The van der Waals surface area contributed by atoms with Crippen LogP contribution >= 0.6 is 11.6 Å². The van der Waals surface area contributed by atoms with Crippen molar-refractivity contribution < 1.29 is 30.8 Å². The SMILES string of the molecule is Cc1ccc(S(=O)(=O)c2ccc(C(=O)Nc3ccc(Cl)c(C(F)(F)F)c3)o2)cc1. The van der Waals surface area contributed by atoms with Crippen molar-refractivity contribution in [2.24, 2.45) is 0 Å². The van der Waals surface area contributed by atoms with Gasteiger partial charge in [0.1, 0.15) is 0 Å². The monoisotopic (exact) mass is 443 g/mol. The van der Waals surface area contributed by atoms with E-state index in [1.807, 2.05) is 0 Å². The predicted octanol–water partition coefficient (Wildman–Crippen LogP) is 5.35. The topological polar surface area (TPSA) is 76.4 Å². The molecule has 1 aromatic heterocycles. The van der Waals surface area contributed by atoms with E-state index in [1.165, 1.54) is 18.2 Å². The Hall–Kier alpha value is -2.78. The molecule has 10 heteroatoms. The van der Waals surface area contributed by atoms with Crippen molar-refractivity contribution in [1.82, 2.24) is 0 Å². The van der Waals surface area contributed by atoms with Crippen LogP contribution in [0.15, 0.2) is 69.0 Å². The number of amides is 1. The molecule has 0 aliphatic rings. The van der Waals surface area contributed by atoms with Crippen LogP contribution in [0.3, 0.4) is 0 Å². The Morgan fingerprint density at radius 2 is 1.69 bits per heavy atom. The van der Waals surface area contributed by atoms with E-state index in [9.17, 15) is 26.4 Å². The molecule has 0 aliphatic heterocycles. The number of furan rings is 1. The number of aryl methyl sites for hydroxylation is 1. The molecule has 0 aliphatic carbocycles. The molecule has 3 aromatic rings. The summed E-state index contributed by atoms with van der Waals surface area (Å²) in [7, 11) is -3.99. The Morgan fingerprint density at radius 1 is 1.03 bits per heavy atom. The van der Waals surface area contributed by atoms with E-state index in [1.54, 1.807) is 19.1 Å². The highest BCUT2D eigenvalue weighted by Gasteiger charge is 2.33. The molecule has 0 saturated carbocycles. The third-order valence-corrected chi connectivity index (χ3v) is 5.90. The van der Waals surface area contributed by atoms with Gasteiger partial charge in [-0.3, -0.25) is 4.79 Å². The molecule has 0 unspecified atom stereocenters. The zero-order valence-electron chi connectivity index (χ0n) is 14.7. The first-order valence-corrected chi connectivity index (χ1v) is 9.94. The normalized spacial score (nSPS) is 12.0. The number of benzene rings is 2. The number of carbonyl (C=O) groups excluding carboxylic acids is 1. The summed E-state index contributed by atoms with van der Waals surface area (Å²) in [6.45, 7) is 1.80. The molecule has 1 amide bonds. The average Bonchev–Trinajstić information content (AvgIpc) is 3.14. The zero-order valence-corrected chi connectivity index (χ0v) is 16.3. The van der Waals surface area contributed by atoms with E-state index in [0.29, 0.717) is 6.07 Å². The summed E-state index contributed by atoms with van der Waals surface area (Å²) < 4.78 is 69.1. The van der Waals surface area contributed by atoms with Crippen molar-refractivity contribution in [2.45, 2.75) is 23.1 Å². The molecule has 3 rings (SSSR count). The molecule has 0 spiro atoms. The van der Waals surface area contributed by atoms with Gasteiger partial charge in [0.15, 0.2) is 5.76 Å². The minimum atomic E-state index is -4.70. The van der Waals surface area contributed by atoms with Crippen molar-refractivity contribution in [1.29, 1.82) is 0 Å². The second kappa shape index (κ2) is 7.57. The number of halogens is 4. The summed E-state index contributed by atoms with van der Waals surface area (Å²) >= 11 is 5.54. The molecule has 152 valence electrons. The fourth-order valence-corrected chi connectivity index (χ4v) is 3.83. The van der Waals surface area contributed by atoms with Gasteiger partial charge in [0.25, 0.3) is 5.91 Å². The number of hydrogen-bond acceptors (Lipinski definition) is 4. The maximum Gasteiger partial charge on any atom is 0.417 e. The van der Waals surface area contributed by atoms with Crippen molar-refractivity contribution in [3.05, 3.63) is 76.5 Å². The summed E-state index contributed by atoms with van der Waals surface area (Å²) in [5.74, 6) is -1.29. The van der Waals surface area contributed by atoms with Gasteiger partial charge in [-0.1, -0.05) is 29.3 Å². The predicted molar refractivity (Wildman–Crippen MR) is 99.7 cm³/mol. The van der Waals surface area contributed by atoms with Gasteiger partial charge in [-0.25, -0.2) is 8.42 Å². The molecule has 2 aromatic carbocycles. The van der Waals surface area contributed by atoms with Crippen LogP contribution in [0.1, 0.15) is 21.7 Å². The molecule has 0 radical (unpaired) electrons. The first kappa shape index (κ1) is 20.9. The third-order valence-electron chi connectivity index (χ3n) is 3.93. The minimum Gasteiger partial charge on any atom is -0.439 e. The van der Waals surface area contributed by atoms with Crippen molar-refractivity contribution in [3.63, 3.8) is 0 Å². The molecule has 0 bridgehead atoms. The van der Waals surface area contributed by atoms with Crippen LogP contribution in [0.2, 0.25) is 5.02 Å². The van der Waals surface area contributed by atoms with Crippen molar-refractivity contribution in [3.8, 4) is 0 Å². The van der Waals surface area contributed by atoms with Crippen LogP contribution in [0, 0.1) is 6.92 Å². The molecule has 1 heterocycles. The maximum absolute atomic E-state index is 12.9. The minimum absolute atomic E-state index is 0.0167. The van der Waals surface area contributed by atoms with Gasteiger partial charge >= 0.3 is 6.18 Å². The third kappa shape index (κ3) is 4.46. The second-order valence-electron chi connectivity index (χ2n) is 6.08. The van der Waals surface area contributed by atoms with Crippen LogP contribution in [-0.4, -0.2) is 14.3 Å². The lowest BCUT2D eigenvalue weighted by atomic mass is 10.2. The van der Waals surface area contributed by atoms with Crippen LogP contribution in [0.4, 0.5) is 18.9 Å². The fourth-order valence-electron chi connectivity index (χ4n) is 2.43. The van der Waals surface area contributed by atoms with Crippen LogP contribution < -0.4 is 5.32 Å². The van der Waals surface area contributed by atoms with Gasteiger partial charge in [-0.2, -0.15) is 13.2 Å². The number of anilines is 1. The van der Waals surface area contributed by atoms with E-state index in [2.05, 4.69) is 5.32 Å². The highest BCUT2D eigenvalue weighted by atomic mass is 35.5. The maximum atomic E-state index is 12.9. The highest BCUT2D eigenvalue weighted by molar-refractivity contribution is 7.91. The zero-order chi connectivity index (χ0) is 21.4.